The fourth-order valence-corrected chi connectivity index (χ4v) is 3.82. The second-order valence-electron chi connectivity index (χ2n) is 4.85. The van der Waals surface area contributed by atoms with E-state index in [2.05, 4.69) is 5.32 Å². The Hall–Kier alpha value is -1.82. The van der Waals surface area contributed by atoms with E-state index in [1.54, 1.807) is 30.3 Å². The molecule has 26 heavy (non-hydrogen) atoms. The van der Waals surface area contributed by atoms with E-state index in [1.807, 2.05) is 0 Å². The standard InChI is InChI=1S/C15H20N6O2S3/c16-10(6-7-24-8-11(17)25-14(18)19)26-15(20)21-13(23)12(22)9-4-2-1-3-5-9/h1-5,12,16-17,22H,6-8H2,(H3,18,19)(H2,20,21,23)/t12-/m0/s1. The van der Waals surface area contributed by atoms with Gasteiger partial charge in [0.05, 0.1) is 10.1 Å². The van der Waals surface area contributed by atoms with Gasteiger partial charge in [-0.25, -0.2) is 0 Å². The molecule has 0 spiro atoms. The molecule has 0 aromatic heterocycles. The van der Waals surface area contributed by atoms with Crippen LogP contribution in [0.15, 0.2) is 30.3 Å². The van der Waals surface area contributed by atoms with E-state index in [4.69, 9.17) is 27.4 Å². The van der Waals surface area contributed by atoms with E-state index in [1.165, 1.54) is 11.8 Å². The number of thioether (sulfide) groups is 3. The normalized spacial score (nSPS) is 11.4. The molecule has 1 aromatic carbocycles. The van der Waals surface area contributed by atoms with Crippen LogP contribution in [0.5, 0.6) is 0 Å². The first-order valence-corrected chi connectivity index (χ1v) is 10.1. The lowest BCUT2D eigenvalue weighted by molar-refractivity contribution is -0.128. The van der Waals surface area contributed by atoms with Gasteiger partial charge < -0.3 is 16.2 Å². The first kappa shape index (κ1) is 22.2. The number of amides is 1. The molecule has 1 rings (SSSR count). The number of benzene rings is 1. The van der Waals surface area contributed by atoms with Crippen molar-refractivity contribution in [3.8, 4) is 0 Å². The quantitative estimate of drug-likeness (QED) is 0.205. The van der Waals surface area contributed by atoms with Crippen molar-refractivity contribution in [1.82, 2.24) is 5.32 Å². The van der Waals surface area contributed by atoms with Gasteiger partial charge in [-0.3, -0.25) is 26.4 Å². The summed E-state index contributed by atoms with van der Waals surface area (Å²) in [6.07, 6.45) is -0.987. The van der Waals surface area contributed by atoms with Crippen LogP contribution >= 0.6 is 35.3 Å². The summed E-state index contributed by atoms with van der Waals surface area (Å²) in [7, 11) is 0. The minimum Gasteiger partial charge on any atom is -0.378 e. The first-order valence-electron chi connectivity index (χ1n) is 7.34. The zero-order valence-corrected chi connectivity index (χ0v) is 16.2. The topological polar surface area (TPSA) is 171 Å². The molecule has 0 fully saturated rings. The van der Waals surface area contributed by atoms with Crippen LogP contribution in [-0.2, 0) is 4.79 Å². The Morgan fingerprint density at radius 1 is 1.12 bits per heavy atom. The molecule has 0 radical (unpaired) electrons. The molecule has 1 aromatic rings. The van der Waals surface area contributed by atoms with Gasteiger partial charge in [0, 0.05) is 12.2 Å². The van der Waals surface area contributed by atoms with E-state index in [-0.39, 0.29) is 20.4 Å². The van der Waals surface area contributed by atoms with Gasteiger partial charge in [0.25, 0.3) is 5.91 Å². The van der Waals surface area contributed by atoms with Crippen LogP contribution in [0.4, 0.5) is 0 Å². The van der Waals surface area contributed by atoms with E-state index in [0.29, 0.717) is 23.5 Å². The maximum Gasteiger partial charge on any atom is 0.259 e. The molecule has 0 saturated heterocycles. The van der Waals surface area contributed by atoms with Crippen LogP contribution in [0.25, 0.3) is 0 Å². The summed E-state index contributed by atoms with van der Waals surface area (Å²) in [6.45, 7) is 0. The predicted octanol–water partition coefficient (Wildman–Crippen LogP) is 2.21. The molecule has 0 aliphatic carbocycles. The molecule has 11 heteroatoms. The monoisotopic (exact) mass is 412 g/mol. The molecule has 0 bridgehead atoms. The average Bonchev–Trinajstić information content (AvgIpc) is 2.58. The fourth-order valence-electron chi connectivity index (χ4n) is 1.66. The second kappa shape index (κ2) is 11.7. The molecule has 8 N–H and O–H groups in total. The van der Waals surface area contributed by atoms with Gasteiger partial charge in [0.1, 0.15) is 0 Å². The van der Waals surface area contributed by atoms with Gasteiger partial charge in [-0.05, 0) is 34.8 Å². The van der Waals surface area contributed by atoms with Gasteiger partial charge in [-0.15, -0.1) is 0 Å². The van der Waals surface area contributed by atoms with Crippen molar-refractivity contribution in [2.24, 2.45) is 5.73 Å². The Kier molecular flexibility index (Phi) is 10.0. The van der Waals surface area contributed by atoms with Crippen molar-refractivity contribution in [2.75, 3.05) is 11.5 Å². The number of hydrogen-bond acceptors (Lipinski definition) is 9. The van der Waals surface area contributed by atoms with Crippen LogP contribution in [0.3, 0.4) is 0 Å². The number of amidine groups is 2. The number of nitrogens with one attached hydrogen (secondary N) is 5. The molecular weight excluding hydrogens is 392 g/mol. The number of aliphatic hydroxyl groups is 1. The Bertz CT molecular complexity index is 683. The summed E-state index contributed by atoms with van der Waals surface area (Å²) in [5.41, 5.74) is 5.61. The minimum atomic E-state index is -1.37. The maximum atomic E-state index is 11.9. The van der Waals surface area contributed by atoms with Gasteiger partial charge in [0.15, 0.2) is 16.4 Å². The van der Waals surface area contributed by atoms with Crippen LogP contribution in [-0.4, -0.2) is 42.9 Å². The summed E-state index contributed by atoms with van der Waals surface area (Å²) in [5.74, 6) is 0.255. The number of carbonyl (C=O) groups excluding carboxylic acids is 1. The minimum absolute atomic E-state index is 0.124. The Morgan fingerprint density at radius 2 is 1.77 bits per heavy atom. The predicted molar refractivity (Wildman–Crippen MR) is 112 cm³/mol. The third-order valence-electron chi connectivity index (χ3n) is 2.77. The lowest BCUT2D eigenvalue weighted by Gasteiger charge is -2.12. The molecule has 140 valence electrons. The molecule has 0 unspecified atom stereocenters. The Labute approximate surface area is 164 Å². The molecule has 0 heterocycles. The van der Waals surface area contributed by atoms with Gasteiger partial charge in [0.2, 0.25) is 0 Å². The highest BCUT2D eigenvalue weighted by atomic mass is 32.2. The highest BCUT2D eigenvalue weighted by molar-refractivity contribution is 8.27. The van der Waals surface area contributed by atoms with Crippen LogP contribution in [0.1, 0.15) is 18.1 Å². The third-order valence-corrected chi connectivity index (χ3v) is 5.30. The van der Waals surface area contributed by atoms with Crippen LogP contribution in [0.2, 0.25) is 0 Å². The van der Waals surface area contributed by atoms with E-state index in [9.17, 15) is 9.90 Å². The van der Waals surface area contributed by atoms with Crippen molar-refractivity contribution in [1.29, 1.82) is 21.6 Å². The summed E-state index contributed by atoms with van der Waals surface area (Å²) in [4.78, 5) is 11.9. The molecule has 1 atom stereocenters. The van der Waals surface area contributed by atoms with Crippen LogP contribution < -0.4 is 11.1 Å². The maximum absolute atomic E-state index is 11.9. The lowest BCUT2D eigenvalue weighted by Crippen LogP contribution is -2.33. The zero-order valence-electron chi connectivity index (χ0n) is 13.7. The van der Waals surface area contributed by atoms with Crippen molar-refractivity contribution in [3.63, 3.8) is 0 Å². The molecular formula is C15H20N6O2S3. The SMILES string of the molecule is N=C(N)SC(=N)CSCCC(=N)SC(=N)NC(=O)[C@@H](O)c1ccccc1. The lowest BCUT2D eigenvalue weighted by atomic mass is 10.1. The average molecular weight is 413 g/mol. The number of aliphatic hydroxyl groups excluding tert-OH is 1. The molecule has 0 aliphatic heterocycles. The van der Waals surface area contributed by atoms with Crippen molar-refractivity contribution in [3.05, 3.63) is 35.9 Å². The highest BCUT2D eigenvalue weighted by Crippen LogP contribution is 2.15. The summed E-state index contributed by atoms with van der Waals surface area (Å²) in [5, 5.41) is 42.5. The number of hydrogen-bond donors (Lipinski definition) is 7. The van der Waals surface area contributed by atoms with Crippen molar-refractivity contribution >= 4 is 61.6 Å². The highest BCUT2D eigenvalue weighted by Gasteiger charge is 2.18. The summed E-state index contributed by atoms with van der Waals surface area (Å²) < 4.78 is 0. The Balaban J connectivity index is 2.27. The number of carbonyl (C=O) groups is 1. The molecule has 1 amide bonds. The van der Waals surface area contributed by atoms with Crippen molar-refractivity contribution < 1.29 is 9.90 Å². The van der Waals surface area contributed by atoms with E-state index in [0.717, 1.165) is 23.5 Å². The van der Waals surface area contributed by atoms with E-state index >= 15 is 0 Å². The van der Waals surface area contributed by atoms with Crippen molar-refractivity contribution in [2.45, 2.75) is 12.5 Å². The van der Waals surface area contributed by atoms with Crippen LogP contribution in [0, 0.1) is 21.6 Å². The summed E-state index contributed by atoms with van der Waals surface area (Å²) >= 11 is 3.12. The molecule has 0 saturated carbocycles. The number of rotatable bonds is 7. The second-order valence-corrected chi connectivity index (χ2v) is 8.20. The fraction of sp³-hybridized carbons (Fsp3) is 0.267. The van der Waals surface area contributed by atoms with Gasteiger partial charge in [-0.2, -0.15) is 11.8 Å². The Morgan fingerprint density at radius 3 is 2.38 bits per heavy atom. The van der Waals surface area contributed by atoms with E-state index < -0.39 is 12.0 Å². The largest absolute Gasteiger partial charge is 0.378 e. The smallest absolute Gasteiger partial charge is 0.259 e. The molecule has 0 aliphatic rings. The third kappa shape index (κ3) is 9.04. The number of nitrogens with two attached hydrogens (primary N) is 1. The zero-order chi connectivity index (χ0) is 19.5. The van der Waals surface area contributed by atoms with Gasteiger partial charge >= 0.3 is 0 Å². The molecule has 8 nitrogen and oxygen atoms in total. The van der Waals surface area contributed by atoms with Gasteiger partial charge in [-0.1, -0.05) is 30.3 Å². The first-order chi connectivity index (χ1) is 12.3. The summed E-state index contributed by atoms with van der Waals surface area (Å²) in [6, 6.07) is 8.40.